The van der Waals surface area contributed by atoms with Crippen LogP contribution in [0.3, 0.4) is 0 Å². The number of Topliss-reactive ketones (excluding diaryl/α,β-unsaturated/α-hetero) is 1. The minimum atomic E-state index is 0.196. The maximum absolute atomic E-state index is 11.9. The van der Waals surface area contributed by atoms with Crippen LogP contribution in [0, 0.1) is 6.92 Å². The molecule has 0 amide bonds. The molecule has 0 saturated heterocycles. The van der Waals surface area contributed by atoms with E-state index in [1.54, 1.807) is 23.1 Å². The fourth-order valence-electron chi connectivity index (χ4n) is 1.51. The molecule has 0 spiro atoms. The van der Waals surface area contributed by atoms with Gasteiger partial charge in [-0.25, -0.2) is 0 Å². The summed E-state index contributed by atoms with van der Waals surface area (Å²) in [5, 5.41) is 8.98. The maximum Gasteiger partial charge on any atom is 0.174 e. The lowest BCUT2D eigenvalue weighted by atomic mass is 10.1. The standard InChI is InChI=1S/C13H13BrN2OS2/c1-9-15-16-13(19-9)18-8-2-3-12(17)10-4-6-11(14)7-5-10/h4-7H,2-3,8H2,1H3. The lowest BCUT2D eigenvalue weighted by molar-refractivity contribution is 0.0982. The Hall–Kier alpha value is -0.720. The zero-order valence-electron chi connectivity index (χ0n) is 10.4. The molecular formula is C13H13BrN2OS2. The molecule has 0 atom stereocenters. The first-order chi connectivity index (χ1) is 9.15. The summed E-state index contributed by atoms with van der Waals surface area (Å²) >= 11 is 6.62. The summed E-state index contributed by atoms with van der Waals surface area (Å²) in [6, 6.07) is 7.50. The molecule has 2 aromatic rings. The van der Waals surface area contributed by atoms with E-state index in [1.807, 2.05) is 31.2 Å². The van der Waals surface area contributed by atoms with Gasteiger partial charge in [0.25, 0.3) is 0 Å². The van der Waals surface area contributed by atoms with Gasteiger partial charge in [0.15, 0.2) is 10.1 Å². The number of hydrogen-bond donors (Lipinski definition) is 0. The number of carbonyl (C=O) groups is 1. The minimum Gasteiger partial charge on any atom is -0.294 e. The van der Waals surface area contributed by atoms with Crippen LogP contribution in [0.5, 0.6) is 0 Å². The number of thioether (sulfide) groups is 1. The minimum absolute atomic E-state index is 0.196. The molecular weight excluding hydrogens is 344 g/mol. The highest BCUT2D eigenvalue weighted by atomic mass is 79.9. The second kappa shape index (κ2) is 7.17. The number of carbonyl (C=O) groups excluding carboxylic acids is 1. The molecule has 1 aromatic heterocycles. The second-order valence-corrected chi connectivity index (χ2v) is 7.41. The molecule has 1 aromatic carbocycles. The fraction of sp³-hybridized carbons (Fsp3) is 0.308. The highest BCUT2D eigenvalue weighted by Gasteiger charge is 2.06. The molecule has 19 heavy (non-hydrogen) atoms. The first-order valence-electron chi connectivity index (χ1n) is 5.87. The van der Waals surface area contributed by atoms with Gasteiger partial charge < -0.3 is 0 Å². The zero-order chi connectivity index (χ0) is 13.7. The van der Waals surface area contributed by atoms with E-state index < -0.39 is 0 Å². The summed E-state index contributed by atoms with van der Waals surface area (Å²) in [6.45, 7) is 1.94. The Morgan fingerprint density at radius 3 is 2.68 bits per heavy atom. The van der Waals surface area contributed by atoms with Crippen LogP contribution >= 0.6 is 39.0 Å². The Kier molecular flexibility index (Phi) is 5.54. The van der Waals surface area contributed by atoms with E-state index in [0.717, 1.165) is 31.6 Å². The Bertz CT molecular complexity index is 554. The summed E-state index contributed by atoms with van der Waals surface area (Å²) in [4.78, 5) is 11.9. The van der Waals surface area contributed by atoms with Crippen molar-refractivity contribution >= 4 is 44.8 Å². The number of hydrogen-bond acceptors (Lipinski definition) is 5. The van der Waals surface area contributed by atoms with Crippen LogP contribution in [0.25, 0.3) is 0 Å². The molecule has 0 aliphatic rings. The molecule has 2 rings (SSSR count). The molecule has 0 N–H and O–H groups in total. The van der Waals surface area contributed by atoms with E-state index in [4.69, 9.17) is 0 Å². The Labute approximate surface area is 129 Å². The van der Waals surface area contributed by atoms with Crippen LogP contribution in [-0.4, -0.2) is 21.7 Å². The first-order valence-corrected chi connectivity index (χ1v) is 8.46. The van der Waals surface area contributed by atoms with Crippen LogP contribution in [0.4, 0.5) is 0 Å². The molecule has 0 aliphatic heterocycles. The van der Waals surface area contributed by atoms with Crippen LogP contribution in [-0.2, 0) is 0 Å². The van der Waals surface area contributed by atoms with Crippen LogP contribution in [0.15, 0.2) is 33.1 Å². The average Bonchev–Trinajstić information content (AvgIpc) is 2.81. The summed E-state index contributed by atoms with van der Waals surface area (Å²) in [7, 11) is 0. The van der Waals surface area contributed by atoms with Gasteiger partial charge in [-0.3, -0.25) is 4.79 Å². The van der Waals surface area contributed by atoms with Crippen LogP contribution < -0.4 is 0 Å². The van der Waals surface area contributed by atoms with Crippen molar-refractivity contribution in [3.8, 4) is 0 Å². The smallest absolute Gasteiger partial charge is 0.174 e. The van der Waals surface area contributed by atoms with Crippen molar-refractivity contribution in [1.29, 1.82) is 0 Å². The Morgan fingerprint density at radius 2 is 2.05 bits per heavy atom. The molecule has 1 heterocycles. The summed E-state index contributed by atoms with van der Waals surface area (Å²) in [6.07, 6.45) is 1.44. The average molecular weight is 357 g/mol. The highest BCUT2D eigenvalue weighted by molar-refractivity contribution is 9.10. The van der Waals surface area contributed by atoms with Crippen molar-refractivity contribution in [2.45, 2.75) is 24.1 Å². The lowest BCUT2D eigenvalue weighted by Crippen LogP contribution is -1.99. The predicted octanol–water partition coefficient (Wildman–Crippen LogP) is 4.36. The van der Waals surface area contributed by atoms with E-state index in [0.29, 0.717) is 6.42 Å². The molecule has 3 nitrogen and oxygen atoms in total. The van der Waals surface area contributed by atoms with Crippen molar-refractivity contribution in [3.63, 3.8) is 0 Å². The van der Waals surface area contributed by atoms with Crippen molar-refractivity contribution in [2.75, 3.05) is 5.75 Å². The van der Waals surface area contributed by atoms with Crippen LogP contribution in [0.1, 0.15) is 28.2 Å². The predicted molar refractivity (Wildman–Crippen MR) is 83.1 cm³/mol. The third kappa shape index (κ3) is 4.71. The van der Waals surface area contributed by atoms with E-state index in [9.17, 15) is 4.79 Å². The van der Waals surface area contributed by atoms with Gasteiger partial charge in [-0.1, -0.05) is 51.2 Å². The quantitative estimate of drug-likeness (QED) is 0.438. The zero-order valence-corrected chi connectivity index (χ0v) is 13.6. The number of ketones is 1. The van der Waals surface area contributed by atoms with Crippen LogP contribution in [0.2, 0.25) is 0 Å². The van der Waals surface area contributed by atoms with E-state index in [-0.39, 0.29) is 5.78 Å². The molecule has 0 bridgehead atoms. The van der Waals surface area contributed by atoms with Gasteiger partial charge >= 0.3 is 0 Å². The van der Waals surface area contributed by atoms with Gasteiger partial charge in [-0.2, -0.15) is 0 Å². The molecule has 0 saturated carbocycles. The third-order valence-corrected chi connectivity index (χ3v) is 5.03. The van der Waals surface area contributed by atoms with Gasteiger partial charge in [-0.15, -0.1) is 10.2 Å². The number of nitrogens with zero attached hydrogens (tertiary/aromatic N) is 2. The maximum atomic E-state index is 11.9. The van der Waals surface area contributed by atoms with Gasteiger partial charge in [0, 0.05) is 22.2 Å². The summed E-state index contributed by atoms with van der Waals surface area (Å²) in [5.74, 6) is 1.10. The number of rotatable bonds is 6. The van der Waals surface area contributed by atoms with E-state index in [2.05, 4.69) is 26.1 Å². The molecule has 6 heteroatoms. The Morgan fingerprint density at radius 1 is 1.32 bits per heavy atom. The van der Waals surface area contributed by atoms with Gasteiger partial charge in [0.2, 0.25) is 0 Å². The monoisotopic (exact) mass is 356 g/mol. The molecule has 100 valence electrons. The summed E-state index contributed by atoms with van der Waals surface area (Å²) in [5.41, 5.74) is 0.778. The molecule has 0 aliphatic carbocycles. The van der Waals surface area contributed by atoms with Crippen molar-refractivity contribution in [1.82, 2.24) is 10.2 Å². The number of aryl methyl sites for hydroxylation is 1. The number of aromatic nitrogens is 2. The summed E-state index contributed by atoms with van der Waals surface area (Å²) < 4.78 is 1.97. The number of halogens is 1. The molecule has 0 unspecified atom stereocenters. The first kappa shape index (κ1) is 14.7. The fourth-order valence-corrected chi connectivity index (χ4v) is 3.60. The third-order valence-electron chi connectivity index (χ3n) is 2.45. The molecule has 0 radical (unpaired) electrons. The molecule has 0 fully saturated rings. The number of benzene rings is 1. The van der Waals surface area contributed by atoms with Gasteiger partial charge in [-0.05, 0) is 25.5 Å². The van der Waals surface area contributed by atoms with E-state index >= 15 is 0 Å². The SMILES string of the molecule is Cc1nnc(SCCCC(=O)c2ccc(Br)cc2)s1. The van der Waals surface area contributed by atoms with Crippen molar-refractivity contribution in [3.05, 3.63) is 39.3 Å². The van der Waals surface area contributed by atoms with Crippen molar-refractivity contribution in [2.24, 2.45) is 0 Å². The van der Waals surface area contributed by atoms with Crippen molar-refractivity contribution < 1.29 is 4.79 Å². The van der Waals surface area contributed by atoms with Gasteiger partial charge in [0.05, 0.1) is 0 Å². The normalized spacial score (nSPS) is 10.6. The van der Waals surface area contributed by atoms with Gasteiger partial charge in [0.1, 0.15) is 5.01 Å². The largest absolute Gasteiger partial charge is 0.294 e. The topological polar surface area (TPSA) is 42.9 Å². The Balaban J connectivity index is 1.73. The second-order valence-electron chi connectivity index (χ2n) is 3.97. The highest BCUT2D eigenvalue weighted by Crippen LogP contribution is 2.23. The van der Waals surface area contributed by atoms with E-state index in [1.165, 1.54) is 0 Å². The lowest BCUT2D eigenvalue weighted by Gasteiger charge is -2.00.